The second-order valence-electron chi connectivity index (χ2n) is 4.68. The third-order valence-electron chi connectivity index (χ3n) is 3.16. The molecule has 18 heavy (non-hydrogen) atoms. The van der Waals surface area contributed by atoms with Gasteiger partial charge in [-0.05, 0) is 43.7 Å². The van der Waals surface area contributed by atoms with Crippen LogP contribution < -0.4 is 4.74 Å². The average Bonchev–Trinajstić information content (AvgIpc) is 2.33. The lowest BCUT2D eigenvalue weighted by Crippen LogP contribution is -2.17. The molecule has 0 atom stereocenters. The highest BCUT2D eigenvalue weighted by Crippen LogP contribution is 2.36. The molecule has 1 fully saturated rings. The number of allylic oxidation sites excluding steroid dienone is 2. The van der Waals surface area contributed by atoms with Crippen LogP contribution in [0.1, 0.15) is 25.7 Å². The average molecular weight is 242 g/mol. The highest BCUT2D eigenvalue weighted by Gasteiger charge is 2.23. The summed E-state index contributed by atoms with van der Waals surface area (Å²) >= 11 is 0. The summed E-state index contributed by atoms with van der Waals surface area (Å²) in [5.41, 5.74) is 1.20. The zero-order valence-corrected chi connectivity index (χ0v) is 10.5. The summed E-state index contributed by atoms with van der Waals surface area (Å²) in [5, 5.41) is 0. The van der Waals surface area contributed by atoms with Gasteiger partial charge >= 0.3 is 5.97 Å². The summed E-state index contributed by atoms with van der Waals surface area (Å²) in [7, 11) is 0. The normalized spacial score (nSPS) is 17.8. The summed E-state index contributed by atoms with van der Waals surface area (Å²) in [4.78, 5) is 11.6. The molecular weight excluding hydrogens is 224 g/mol. The fraction of sp³-hybridized carbons (Fsp3) is 0.312. The molecule has 0 bridgehead atoms. The van der Waals surface area contributed by atoms with Crippen LogP contribution in [0.5, 0.6) is 5.75 Å². The number of hydrogen-bond acceptors (Lipinski definition) is 2. The van der Waals surface area contributed by atoms with Gasteiger partial charge in [0.05, 0.1) is 0 Å². The Bertz CT molecular complexity index is 437. The van der Waals surface area contributed by atoms with Gasteiger partial charge in [0.15, 0.2) is 0 Å². The second-order valence-corrected chi connectivity index (χ2v) is 4.68. The standard InChI is InChI=1S/C16H18O2/c1-2-3-7-13-10-14(11-13)12-16(17)18-15-8-5-4-6-9-15/h2,4-6,8-9,12-13H,1,3,7,10-11H2. The van der Waals surface area contributed by atoms with Gasteiger partial charge in [0.2, 0.25) is 0 Å². The number of esters is 1. The van der Waals surface area contributed by atoms with E-state index < -0.39 is 0 Å². The summed E-state index contributed by atoms with van der Waals surface area (Å²) in [5.74, 6) is 1.05. The first-order chi connectivity index (χ1) is 8.78. The van der Waals surface area contributed by atoms with Gasteiger partial charge < -0.3 is 4.74 Å². The van der Waals surface area contributed by atoms with Crippen LogP contribution in [0.3, 0.4) is 0 Å². The van der Waals surface area contributed by atoms with Gasteiger partial charge in [0.1, 0.15) is 5.75 Å². The third-order valence-corrected chi connectivity index (χ3v) is 3.16. The Hall–Kier alpha value is -1.83. The molecule has 1 saturated carbocycles. The van der Waals surface area contributed by atoms with Crippen molar-refractivity contribution in [2.75, 3.05) is 0 Å². The SMILES string of the molecule is C=CCCC1CC(=CC(=O)Oc2ccccc2)C1. The topological polar surface area (TPSA) is 26.3 Å². The van der Waals surface area contributed by atoms with Gasteiger partial charge in [-0.1, -0.05) is 29.8 Å². The van der Waals surface area contributed by atoms with Crippen molar-refractivity contribution >= 4 is 5.97 Å². The molecule has 2 rings (SSSR count). The van der Waals surface area contributed by atoms with E-state index in [1.807, 2.05) is 24.3 Å². The van der Waals surface area contributed by atoms with Crippen molar-refractivity contribution in [3.8, 4) is 5.75 Å². The van der Waals surface area contributed by atoms with E-state index in [1.54, 1.807) is 18.2 Å². The molecule has 0 heterocycles. The highest BCUT2D eigenvalue weighted by atomic mass is 16.5. The Morgan fingerprint density at radius 1 is 1.33 bits per heavy atom. The van der Waals surface area contributed by atoms with Crippen molar-refractivity contribution in [2.45, 2.75) is 25.7 Å². The first-order valence-electron chi connectivity index (χ1n) is 6.35. The summed E-state index contributed by atoms with van der Waals surface area (Å²) in [6, 6.07) is 9.16. The Morgan fingerprint density at radius 3 is 2.72 bits per heavy atom. The van der Waals surface area contributed by atoms with Gasteiger partial charge in [0.25, 0.3) is 0 Å². The van der Waals surface area contributed by atoms with Crippen LogP contribution in [0.4, 0.5) is 0 Å². The van der Waals surface area contributed by atoms with Crippen LogP contribution in [0.15, 0.2) is 54.6 Å². The summed E-state index contributed by atoms with van der Waals surface area (Å²) < 4.78 is 5.21. The fourth-order valence-corrected chi connectivity index (χ4v) is 2.16. The van der Waals surface area contributed by atoms with Crippen LogP contribution in [-0.2, 0) is 4.79 Å². The molecule has 0 saturated heterocycles. The van der Waals surface area contributed by atoms with E-state index in [2.05, 4.69) is 6.58 Å². The fourth-order valence-electron chi connectivity index (χ4n) is 2.16. The maximum atomic E-state index is 11.6. The van der Waals surface area contributed by atoms with E-state index >= 15 is 0 Å². The number of benzene rings is 1. The smallest absolute Gasteiger partial charge is 0.336 e. The maximum absolute atomic E-state index is 11.6. The van der Waals surface area contributed by atoms with Crippen molar-refractivity contribution in [1.29, 1.82) is 0 Å². The van der Waals surface area contributed by atoms with Gasteiger partial charge in [-0.2, -0.15) is 0 Å². The Labute approximate surface area is 108 Å². The van der Waals surface area contributed by atoms with Crippen LogP contribution in [0, 0.1) is 5.92 Å². The number of carbonyl (C=O) groups is 1. The zero-order chi connectivity index (χ0) is 12.8. The predicted molar refractivity (Wildman–Crippen MR) is 72.3 cm³/mol. The maximum Gasteiger partial charge on any atom is 0.336 e. The third kappa shape index (κ3) is 3.59. The second kappa shape index (κ2) is 6.20. The van der Waals surface area contributed by atoms with Gasteiger partial charge in [-0.3, -0.25) is 0 Å². The minimum Gasteiger partial charge on any atom is -0.423 e. The van der Waals surface area contributed by atoms with E-state index in [9.17, 15) is 4.79 Å². The molecule has 0 N–H and O–H groups in total. The number of rotatable bonds is 5. The predicted octanol–water partition coefficient (Wildman–Crippen LogP) is 3.89. The molecular formula is C16H18O2. The van der Waals surface area contributed by atoms with Crippen molar-refractivity contribution in [1.82, 2.24) is 0 Å². The van der Waals surface area contributed by atoms with E-state index in [0.29, 0.717) is 5.75 Å². The molecule has 2 heteroatoms. The number of ether oxygens (including phenoxy) is 1. The molecule has 1 aliphatic rings. The Balaban J connectivity index is 1.77. The van der Waals surface area contributed by atoms with Crippen LogP contribution in [0.25, 0.3) is 0 Å². The molecule has 2 nitrogen and oxygen atoms in total. The summed E-state index contributed by atoms with van der Waals surface area (Å²) in [6.45, 7) is 3.72. The summed E-state index contributed by atoms with van der Waals surface area (Å²) in [6.07, 6.45) is 7.87. The monoisotopic (exact) mass is 242 g/mol. The molecule has 0 radical (unpaired) electrons. The molecule has 0 spiro atoms. The largest absolute Gasteiger partial charge is 0.423 e. The molecule has 0 unspecified atom stereocenters. The highest BCUT2D eigenvalue weighted by molar-refractivity contribution is 5.85. The van der Waals surface area contributed by atoms with E-state index in [0.717, 1.165) is 25.2 Å². The molecule has 1 aliphatic carbocycles. The minimum atomic E-state index is -0.265. The van der Waals surface area contributed by atoms with Crippen LogP contribution in [0.2, 0.25) is 0 Å². The van der Waals surface area contributed by atoms with E-state index in [1.165, 1.54) is 12.0 Å². The number of para-hydroxylation sites is 1. The molecule has 94 valence electrons. The quantitative estimate of drug-likeness (QED) is 0.339. The van der Waals surface area contributed by atoms with Crippen molar-refractivity contribution in [3.05, 3.63) is 54.6 Å². The zero-order valence-electron chi connectivity index (χ0n) is 10.5. The van der Waals surface area contributed by atoms with Gasteiger partial charge in [0, 0.05) is 6.08 Å². The molecule has 0 aliphatic heterocycles. The molecule has 0 amide bonds. The van der Waals surface area contributed by atoms with Crippen LogP contribution >= 0.6 is 0 Å². The van der Waals surface area contributed by atoms with Crippen LogP contribution in [-0.4, -0.2) is 5.97 Å². The molecule has 1 aromatic carbocycles. The van der Waals surface area contributed by atoms with Gasteiger partial charge in [-0.15, -0.1) is 6.58 Å². The van der Waals surface area contributed by atoms with E-state index in [-0.39, 0.29) is 5.97 Å². The first-order valence-corrected chi connectivity index (χ1v) is 6.35. The Morgan fingerprint density at radius 2 is 2.06 bits per heavy atom. The first kappa shape index (κ1) is 12.6. The van der Waals surface area contributed by atoms with Crippen molar-refractivity contribution in [2.24, 2.45) is 5.92 Å². The lowest BCUT2D eigenvalue weighted by atomic mass is 9.77. The lowest BCUT2D eigenvalue weighted by Gasteiger charge is -2.28. The minimum absolute atomic E-state index is 0.265. The Kier molecular flexibility index (Phi) is 4.35. The van der Waals surface area contributed by atoms with E-state index in [4.69, 9.17) is 4.74 Å². The number of hydrogen-bond donors (Lipinski definition) is 0. The van der Waals surface area contributed by atoms with Crippen molar-refractivity contribution < 1.29 is 9.53 Å². The molecule has 0 aromatic heterocycles. The molecule has 1 aromatic rings. The number of carbonyl (C=O) groups excluding carboxylic acids is 1. The van der Waals surface area contributed by atoms with Gasteiger partial charge in [-0.25, -0.2) is 4.79 Å². The lowest BCUT2D eigenvalue weighted by molar-refractivity contribution is -0.129. The van der Waals surface area contributed by atoms with Crippen molar-refractivity contribution in [3.63, 3.8) is 0 Å².